The van der Waals surface area contributed by atoms with Gasteiger partial charge in [-0.15, -0.1) is 0 Å². The smallest absolute Gasteiger partial charge is 0.227 e. The van der Waals surface area contributed by atoms with Gasteiger partial charge in [-0.3, -0.25) is 14.6 Å². The predicted octanol–water partition coefficient (Wildman–Crippen LogP) is 1.18. The van der Waals surface area contributed by atoms with Crippen LogP contribution in [0.2, 0.25) is 0 Å². The summed E-state index contributed by atoms with van der Waals surface area (Å²) in [6.07, 6.45) is 4.29. The summed E-state index contributed by atoms with van der Waals surface area (Å²) in [5.41, 5.74) is 1.11. The summed E-state index contributed by atoms with van der Waals surface area (Å²) >= 11 is 4.20. The first-order valence-electron chi connectivity index (χ1n) is 5.06. The largest absolute Gasteiger partial charge is 0.311 e. The topological polar surface area (TPSA) is 50.3 Å². The summed E-state index contributed by atoms with van der Waals surface area (Å²) in [4.78, 5) is 28.1. The molecule has 1 aliphatic rings. The molecular formula is C11H12N2O2S. The molecule has 1 fully saturated rings. The molecule has 2 rings (SSSR count). The van der Waals surface area contributed by atoms with E-state index < -0.39 is 0 Å². The molecule has 0 aromatic carbocycles. The standard InChI is InChI=1S/C11H12N2O2S/c14-6-9-4-12-2-1-10(9)13-5-8(7-16)3-11(13)15/h1-2,4,6,8,16H,3,5,7H2. The van der Waals surface area contributed by atoms with E-state index in [0.29, 0.717) is 30.0 Å². The summed E-state index contributed by atoms with van der Waals surface area (Å²) in [7, 11) is 0. The highest BCUT2D eigenvalue weighted by atomic mass is 32.1. The second kappa shape index (κ2) is 4.65. The van der Waals surface area contributed by atoms with Crippen molar-refractivity contribution in [1.29, 1.82) is 0 Å². The molecule has 1 aliphatic heterocycles. The van der Waals surface area contributed by atoms with E-state index in [0.717, 1.165) is 6.29 Å². The van der Waals surface area contributed by atoms with Gasteiger partial charge < -0.3 is 4.90 Å². The van der Waals surface area contributed by atoms with Crippen LogP contribution in [0.1, 0.15) is 16.8 Å². The van der Waals surface area contributed by atoms with E-state index in [9.17, 15) is 9.59 Å². The van der Waals surface area contributed by atoms with E-state index in [-0.39, 0.29) is 11.8 Å². The van der Waals surface area contributed by atoms with Crippen molar-refractivity contribution in [3.63, 3.8) is 0 Å². The van der Waals surface area contributed by atoms with Gasteiger partial charge in [0.2, 0.25) is 5.91 Å². The molecule has 16 heavy (non-hydrogen) atoms. The minimum Gasteiger partial charge on any atom is -0.311 e. The Kier molecular flexibility index (Phi) is 3.24. The molecule has 2 heterocycles. The maximum atomic E-state index is 11.8. The van der Waals surface area contributed by atoms with E-state index >= 15 is 0 Å². The highest BCUT2D eigenvalue weighted by Gasteiger charge is 2.30. The van der Waals surface area contributed by atoms with Crippen LogP contribution < -0.4 is 4.90 Å². The summed E-state index contributed by atoms with van der Waals surface area (Å²) in [5, 5.41) is 0. The van der Waals surface area contributed by atoms with Gasteiger partial charge in [0.25, 0.3) is 0 Å². The van der Waals surface area contributed by atoms with Crippen LogP contribution in [-0.2, 0) is 4.79 Å². The molecule has 84 valence electrons. The second-order valence-corrected chi connectivity index (χ2v) is 4.17. The van der Waals surface area contributed by atoms with E-state index in [4.69, 9.17) is 0 Å². The molecule has 0 N–H and O–H groups in total. The first kappa shape index (κ1) is 11.1. The van der Waals surface area contributed by atoms with E-state index in [2.05, 4.69) is 17.6 Å². The lowest BCUT2D eigenvalue weighted by Gasteiger charge is -2.17. The number of hydrogen-bond acceptors (Lipinski definition) is 4. The number of aromatic nitrogens is 1. The Bertz CT molecular complexity index is 422. The monoisotopic (exact) mass is 236 g/mol. The molecule has 0 bridgehead atoms. The molecule has 0 radical (unpaired) electrons. The average Bonchev–Trinajstić information content (AvgIpc) is 2.70. The molecule has 0 spiro atoms. The number of thiol groups is 1. The molecule has 0 saturated carbocycles. The van der Waals surface area contributed by atoms with Crippen LogP contribution in [0.4, 0.5) is 5.69 Å². The summed E-state index contributed by atoms with van der Waals surface area (Å²) in [5.74, 6) is 1.00. The van der Waals surface area contributed by atoms with Crippen molar-refractivity contribution < 1.29 is 9.59 Å². The van der Waals surface area contributed by atoms with E-state index in [1.54, 1.807) is 17.2 Å². The predicted molar refractivity (Wildman–Crippen MR) is 63.9 cm³/mol. The summed E-state index contributed by atoms with van der Waals surface area (Å²) in [6, 6.07) is 1.70. The van der Waals surface area contributed by atoms with Crippen LogP contribution in [0.3, 0.4) is 0 Å². The van der Waals surface area contributed by atoms with Crippen LogP contribution in [-0.4, -0.2) is 29.5 Å². The minimum atomic E-state index is 0.0494. The van der Waals surface area contributed by atoms with Gasteiger partial charge in [0.05, 0.1) is 11.3 Å². The molecule has 1 unspecified atom stereocenters. The molecule has 5 heteroatoms. The Morgan fingerprint density at radius 2 is 2.44 bits per heavy atom. The van der Waals surface area contributed by atoms with Crippen molar-refractivity contribution in [3.05, 3.63) is 24.0 Å². The molecule has 1 atom stereocenters. The fourth-order valence-electron chi connectivity index (χ4n) is 1.87. The van der Waals surface area contributed by atoms with E-state index in [1.807, 2.05) is 0 Å². The normalized spacial score (nSPS) is 20.2. The highest BCUT2D eigenvalue weighted by molar-refractivity contribution is 7.80. The van der Waals surface area contributed by atoms with Gasteiger partial charge in [-0.1, -0.05) is 0 Å². The lowest BCUT2D eigenvalue weighted by atomic mass is 10.1. The summed E-state index contributed by atoms with van der Waals surface area (Å²) in [6.45, 7) is 0.632. The molecule has 0 aliphatic carbocycles. The van der Waals surface area contributed by atoms with Crippen molar-refractivity contribution >= 4 is 30.5 Å². The van der Waals surface area contributed by atoms with Crippen LogP contribution in [0.25, 0.3) is 0 Å². The number of anilines is 1. The van der Waals surface area contributed by atoms with Gasteiger partial charge in [-0.25, -0.2) is 0 Å². The van der Waals surface area contributed by atoms with Crippen LogP contribution >= 0.6 is 12.6 Å². The number of carbonyl (C=O) groups excluding carboxylic acids is 2. The fraction of sp³-hybridized carbons (Fsp3) is 0.364. The summed E-state index contributed by atoms with van der Waals surface area (Å²) < 4.78 is 0. The zero-order valence-electron chi connectivity index (χ0n) is 8.67. The van der Waals surface area contributed by atoms with Crippen LogP contribution in [0, 0.1) is 5.92 Å². The van der Waals surface area contributed by atoms with Gasteiger partial charge >= 0.3 is 0 Å². The zero-order valence-corrected chi connectivity index (χ0v) is 9.56. The second-order valence-electron chi connectivity index (χ2n) is 3.81. The van der Waals surface area contributed by atoms with Crippen LogP contribution in [0.15, 0.2) is 18.5 Å². The van der Waals surface area contributed by atoms with Crippen molar-refractivity contribution in [1.82, 2.24) is 4.98 Å². The SMILES string of the molecule is O=Cc1cnccc1N1CC(CS)CC1=O. The maximum absolute atomic E-state index is 11.8. The van der Waals surface area contributed by atoms with Crippen molar-refractivity contribution in [3.8, 4) is 0 Å². The number of pyridine rings is 1. The number of carbonyl (C=O) groups is 2. The molecule has 1 saturated heterocycles. The van der Waals surface area contributed by atoms with Crippen molar-refractivity contribution in [2.24, 2.45) is 5.92 Å². The number of amides is 1. The third-order valence-electron chi connectivity index (χ3n) is 2.71. The highest BCUT2D eigenvalue weighted by Crippen LogP contribution is 2.27. The molecule has 1 aromatic heterocycles. The number of aldehydes is 1. The fourth-order valence-corrected chi connectivity index (χ4v) is 2.12. The molecule has 4 nitrogen and oxygen atoms in total. The molecular weight excluding hydrogens is 224 g/mol. The van der Waals surface area contributed by atoms with Gasteiger partial charge in [0, 0.05) is 25.4 Å². The van der Waals surface area contributed by atoms with Gasteiger partial charge in [-0.05, 0) is 17.7 Å². The third kappa shape index (κ3) is 1.95. The average molecular weight is 236 g/mol. The number of nitrogens with zero attached hydrogens (tertiary/aromatic N) is 2. The Hall–Kier alpha value is -1.36. The van der Waals surface area contributed by atoms with Gasteiger partial charge in [-0.2, -0.15) is 12.6 Å². The van der Waals surface area contributed by atoms with Gasteiger partial charge in [0.1, 0.15) is 0 Å². The number of rotatable bonds is 3. The number of hydrogen-bond donors (Lipinski definition) is 1. The van der Waals surface area contributed by atoms with E-state index in [1.165, 1.54) is 6.20 Å². The molecule has 1 amide bonds. The Labute approximate surface area is 99.1 Å². The van der Waals surface area contributed by atoms with Gasteiger partial charge in [0.15, 0.2) is 6.29 Å². The maximum Gasteiger partial charge on any atom is 0.227 e. The Morgan fingerprint density at radius 3 is 3.06 bits per heavy atom. The lowest BCUT2D eigenvalue weighted by molar-refractivity contribution is -0.117. The van der Waals surface area contributed by atoms with Crippen molar-refractivity contribution in [2.45, 2.75) is 6.42 Å². The first-order chi connectivity index (χ1) is 7.76. The van der Waals surface area contributed by atoms with Crippen molar-refractivity contribution in [2.75, 3.05) is 17.2 Å². The first-order valence-corrected chi connectivity index (χ1v) is 5.70. The third-order valence-corrected chi connectivity index (χ3v) is 3.23. The molecule has 1 aromatic rings. The Balaban J connectivity index is 2.31. The Morgan fingerprint density at radius 1 is 1.62 bits per heavy atom. The lowest BCUT2D eigenvalue weighted by Crippen LogP contribution is -2.25. The minimum absolute atomic E-state index is 0.0494. The zero-order chi connectivity index (χ0) is 11.5. The van der Waals surface area contributed by atoms with Crippen LogP contribution in [0.5, 0.6) is 0 Å². The quantitative estimate of drug-likeness (QED) is 0.633.